The number of anilines is 2. The summed E-state index contributed by atoms with van der Waals surface area (Å²) >= 11 is 0. The molecule has 0 saturated heterocycles. The zero-order valence-corrected chi connectivity index (χ0v) is 15.6. The Morgan fingerprint density at radius 2 is 1.81 bits per heavy atom. The quantitative estimate of drug-likeness (QED) is 0.736. The Kier molecular flexibility index (Phi) is 6.30. The predicted molar refractivity (Wildman–Crippen MR) is 108 cm³/mol. The molecule has 0 fully saturated rings. The van der Waals surface area contributed by atoms with Crippen molar-refractivity contribution in [3.63, 3.8) is 0 Å². The van der Waals surface area contributed by atoms with Crippen molar-refractivity contribution < 1.29 is 9.59 Å². The molecule has 0 unspecified atom stereocenters. The Balaban J connectivity index is 1.46. The van der Waals surface area contributed by atoms with Crippen molar-refractivity contribution in [2.45, 2.75) is 19.8 Å². The number of urea groups is 1. The van der Waals surface area contributed by atoms with Gasteiger partial charge >= 0.3 is 6.03 Å². The van der Waals surface area contributed by atoms with Crippen molar-refractivity contribution in [2.75, 3.05) is 36.4 Å². The first-order chi connectivity index (χ1) is 13.2. The molecular formula is C21H26N4O2. The van der Waals surface area contributed by atoms with Gasteiger partial charge in [-0.05, 0) is 55.7 Å². The summed E-state index contributed by atoms with van der Waals surface area (Å²) in [6, 6.07) is 15.1. The van der Waals surface area contributed by atoms with Crippen LogP contribution < -0.4 is 20.9 Å². The van der Waals surface area contributed by atoms with Crippen LogP contribution in [-0.4, -0.2) is 38.1 Å². The first-order valence-electron chi connectivity index (χ1n) is 9.43. The number of benzene rings is 2. The number of aryl methyl sites for hydroxylation is 1. The lowest BCUT2D eigenvalue weighted by Gasteiger charge is -2.31. The number of para-hydroxylation sites is 1. The second-order valence-corrected chi connectivity index (χ2v) is 6.54. The van der Waals surface area contributed by atoms with Crippen LogP contribution in [-0.2, 0) is 6.42 Å². The largest absolute Gasteiger partial charge is 0.370 e. The fraction of sp³-hybridized carbons (Fsp3) is 0.333. The average molecular weight is 366 g/mol. The van der Waals surface area contributed by atoms with Crippen LogP contribution >= 0.6 is 0 Å². The van der Waals surface area contributed by atoms with E-state index in [0.717, 1.165) is 25.9 Å². The van der Waals surface area contributed by atoms with E-state index >= 15 is 0 Å². The van der Waals surface area contributed by atoms with E-state index in [2.05, 4.69) is 45.1 Å². The minimum atomic E-state index is -0.244. The number of nitrogens with one attached hydrogen (secondary N) is 3. The lowest BCUT2D eigenvalue weighted by Crippen LogP contribution is -2.39. The van der Waals surface area contributed by atoms with Crippen LogP contribution in [0.3, 0.4) is 0 Å². The zero-order valence-electron chi connectivity index (χ0n) is 15.6. The van der Waals surface area contributed by atoms with E-state index in [1.165, 1.54) is 11.3 Å². The second-order valence-electron chi connectivity index (χ2n) is 6.54. The number of amides is 3. The van der Waals surface area contributed by atoms with E-state index in [1.807, 2.05) is 6.92 Å². The molecule has 1 aliphatic heterocycles. The van der Waals surface area contributed by atoms with E-state index in [4.69, 9.17) is 0 Å². The van der Waals surface area contributed by atoms with Gasteiger partial charge in [-0.1, -0.05) is 18.2 Å². The molecule has 6 nitrogen and oxygen atoms in total. The molecular weight excluding hydrogens is 340 g/mol. The Hall–Kier alpha value is -3.02. The zero-order chi connectivity index (χ0) is 19.1. The smallest absolute Gasteiger partial charge is 0.319 e. The molecule has 0 spiro atoms. The van der Waals surface area contributed by atoms with Gasteiger partial charge in [0.1, 0.15) is 0 Å². The van der Waals surface area contributed by atoms with E-state index in [1.54, 1.807) is 24.3 Å². The average Bonchev–Trinajstić information content (AvgIpc) is 2.69. The highest BCUT2D eigenvalue weighted by atomic mass is 16.2. The third-order valence-electron chi connectivity index (χ3n) is 4.62. The Morgan fingerprint density at radius 1 is 1.04 bits per heavy atom. The summed E-state index contributed by atoms with van der Waals surface area (Å²) in [6.45, 7) is 4.82. The number of nitrogens with zero attached hydrogens (tertiary/aromatic N) is 1. The van der Waals surface area contributed by atoms with Gasteiger partial charge in [-0.15, -0.1) is 0 Å². The third-order valence-corrected chi connectivity index (χ3v) is 4.62. The lowest BCUT2D eigenvalue weighted by atomic mass is 10.0. The van der Waals surface area contributed by atoms with Crippen molar-refractivity contribution in [1.29, 1.82) is 0 Å². The molecule has 2 aromatic carbocycles. The monoisotopic (exact) mass is 366 g/mol. The van der Waals surface area contributed by atoms with Crippen LogP contribution in [0, 0.1) is 0 Å². The first kappa shape index (κ1) is 18.8. The van der Waals surface area contributed by atoms with Crippen molar-refractivity contribution >= 4 is 23.3 Å². The van der Waals surface area contributed by atoms with E-state index in [9.17, 15) is 9.59 Å². The SMILES string of the molecule is CCNC(=O)c1ccc(NC(=O)NCCN2CCCc3ccccc32)cc1. The second kappa shape index (κ2) is 9.07. The van der Waals surface area contributed by atoms with Crippen LogP contribution in [0.5, 0.6) is 0 Å². The van der Waals surface area contributed by atoms with Crippen molar-refractivity contribution in [3.05, 3.63) is 59.7 Å². The maximum atomic E-state index is 12.1. The number of hydrogen-bond acceptors (Lipinski definition) is 3. The molecule has 0 saturated carbocycles. The Morgan fingerprint density at radius 3 is 2.59 bits per heavy atom. The Bertz CT molecular complexity index is 789. The summed E-state index contributed by atoms with van der Waals surface area (Å²) in [4.78, 5) is 26.2. The minimum absolute atomic E-state index is 0.115. The number of carbonyl (C=O) groups is 2. The standard InChI is InChI=1S/C21H26N4O2/c1-2-22-20(26)17-9-11-18(12-10-17)24-21(27)23-13-15-25-14-5-7-16-6-3-4-8-19(16)25/h3-4,6,8-12H,2,5,7,13-15H2,1H3,(H,22,26)(H2,23,24,27). The van der Waals surface area contributed by atoms with Gasteiger partial charge in [-0.2, -0.15) is 0 Å². The van der Waals surface area contributed by atoms with Crippen LogP contribution in [0.15, 0.2) is 48.5 Å². The van der Waals surface area contributed by atoms with Gasteiger partial charge in [0.05, 0.1) is 0 Å². The molecule has 1 heterocycles. The van der Waals surface area contributed by atoms with Crippen molar-refractivity contribution in [1.82, 2.24) is 10.6 Å². The van der Waals surface area contributed by atoms with E-state index in [0.29, 0.717) is 24.3 Å². The van der Waals surface area contributed by atoms with Crippen LogP contribution in [0.2, 0.25) is 0 Å². The molecule has 0 aliphatic carbocycles. The van der Waals surface area contributed by atoms with Crippen molar-refractivity contribution in [2.24, 2.45) is 0 Å². The molecule has 0 radical (unpaired) electrons. The highest BCUT2D eigenvalue weighted by Gasteiger charge is 2.15. The molecule has 0 bridgehead atoms. The molecule has 6 heteroatoms. The minimum Gasteiger partial charge on any atom is -0.370 e. The molecule has 2 aromatic rings. The summed E-state index contributed by atoms with van der Waals surface area (Å²) in [5, 5.41) is 8.44. The van der Waals surface area contributed by atoms with Crippen LogP contribution in [0.4, 0.5) is 16.2 Å². The first-order valence-corrected chi connectivity index (χ1v) is 9.43. The third kappa shape index (κ3) is 5.00. The molecule has 0 atom stereocenters. The summed E-state index contributed by atoms with van der Waals surface area (Å²) in [5.74, 6) is -0.115. The molecule has 3 rings (SSSR count). The number of rotatable bonds is 6. The van der Waals surface area contributed by atoms with Gasteiger partial charge < -0.3 is 20.9 Å². The highest BCUT2D eigenvalue weighted by Crippen LogP contribution is 2.25. The fourth-order valence-corrected chi connectivity index (χ4v) is 3.29. The van der Waals surface area contributed by atoms with Gasteiger partial charge in [0.15, 0.2) is 0 Å². The molecule has 3 amide bonds. The van der Waals surface area contributed by atoms with Gasteiger partial charge in [-0.3, -0.25) is 4.79 Å². The summed E-state index contributed by atoms with van der Waals surface area (Å²) in [7, 11) is 0. The predicted octanol–water partition coefficient (Wildman–Crippen LogP) is 3.01. The Labute approximate surface area is 159 Å². The number of carbonyl (C=O) groups excluding carboxylic acids is 2. The van der Waals surface area contributed by atoms with Gasteiger partial charge in [0.2, 0.25) is 0 Å². The summed E-state index contributed by atoms with van der Waals surface area (Å²) in [6.07, 6.45) is 2.26. The van der Waals surface area contributed by atoms with Gasteiger partial charge in [0.25, 0.3) is 5.91 Å². The fourth-order valence-electron chi connectivity index (χ4n) is 3.29. The summed E-state index contributed by atoms with van der Waals surface area (Å²) in [5.41, 5.74) is 3.88. The molecule has 142 valence electrons. The maximum Gasteiger partial charge on any atom is 0.319 e. The topological polar surface area (TPSA) is 73.5 Å². The molecule has 3 N–H and O–H groups in total. The lowest BCUT2D eigenvalue weighted by molar-refractivity contribution is 0.0956. The number of fused-ring (bicyclic) bond motifs is 1. The molecule has 1 aliphatic rings. The van der Waals surface area contributed by atoms with Crippen LogP contribution in [0.1, 0.15) is 29.3 Å². The van der Waals surface area contributed by atoms with Gasteiger partial charge in [0, 0.05) is 43.1 Å². The van der Waals surface area contributed by atoms with Crippen molar-refractivity contribution in [3.8, 4) is 0 Å². The van der Waals surface area contributed by atoms with E-state index < -0.39 is 0 Å². The normalized spacial score (nSPS) is 12.9. The van der Waals surface area contributed by atoms with Crippen LogP contribution in [0.25, 0.3) is 0 Å². The number of hydrogen-bond donors (Lipinski definition) is 3. The molecule has 27 heavy (non-hydrogen) atoms. The van der Waals surface area contributed by atoms with Gasteiger partial charge in [-0.25, -0.2) is 4.79 Å². The summed E-state index contributed by atoms with van der Waals surface area (Å²) < 4.78 is 0. The molecule has 0 aromatic heterocycles. The maximum absolute atomic E-state index is 12.1. The van der Waals surface area contributed by atoms with E-state index in [-0.39, 0.29) is 11.9 Å². The highest BCUT2D eigenvalue weighted by molar-refractivity contribution is 5.95.